The Morgan fingerprint density at radius 2 is 2.30 bits per heavy atom. The first kappa shape index (κ1) is 12.7. The highest BCUT2D eigenvalue weighted by Gasteiger charge is 2.17. The highest BCUT2D eigenvalue weighted by atomic mass is 19.1. The van der Waals surface area contributed by atoms with E-state index < -0.39 is 0 Å². The summed E-state index contributed by atoms with van der Waals surface area (Å²) in [5, 5.41) is 5.78. The van der Waals surface area contributed by atoms with Gasteiger partial charge in [0, 0.05) is 31.5 Å². The molecule has 1 aliphatic heterocycles. The van der Waals surface area contributed by atoms with E-state index >= 15 is 0 Å². The largest absolute Gasteiger partial charge is 0.375 e. The fourth-order valence-corrected chi connectivity index (χ4v) is 2.28. The van der Waals surface area contributed by atoms with E-state index in [1.807, 2.05) is 17.8 Å². The lowest BCUT2D eigenvalue weighted by atomic mass is 10.0. The monoisotopic (exact) mass is 274 g/mol. The number of carbonyl (C=O) groups excluding carboxylic acids is 1. The van der Waals surface area contributed by atoms with Crippen molar-refractivity contribution in [2.24, 2.45) is 7.05 Å². The number of nitrogens with one attached hydrogen (secondary N) is 2. The number of amides is 1. The maximum Gasteiger partial charge on any atom is 0.224 e. The summed E-state index contributed by atoms with van der Waals surface area (Å²) in [6.07, 6.45) is 4.52. The van der Waals surface area contributed by atoms with Crippen LogP contribution in [-0.2, 0) is 24.8 Å². The molecule has 0 saturated carbocycles. The minimum absolute atomic E-state index is 0.0286. The summed E-state index contributed by atoms with van der Waals surface area (Å²) in [4.78, 5) is 15.5. The molecule has 2 aromatic rings. The fourth-order valence-electron chi connectivity index (χ4n) is 2.28. The van der Waals surface area contributed by atoms with Crippen molar-refractivity contribution in [2.45, 2.75) is 19.4 Å². The molecule has 0 spiro atoms. The summed E-state index contributed by atoms with van der Waals surface area (Å²) in [5.41, 5.74) is 1.89. The van der Waals surface area contributed by atoms with Gasteiger partial charge in [-0.25, -0.2) is 9.37 Å². The Morgan fingerprint density at radius 1 is 1.45 bits per heavy atom. The zero-order valence-corrected chi connectivity index (χ0v) is 11.1. The van der Waals surface area contributed by atoms with Gasteiger partial charge in [-0.15, -0.1) is 0 Å². The number of hydrogen-bond donors (Lipinski definition) is 2. The van der Waals surface area contributed by atoms with E-state index in [2.05, 4.69) is 15.6 Å². The molecule has 2 heterocycles. The van der Waals surface area contributed by atoms with Crippen LogP contribution in [0, 0.1) is 5.82 Å². The zero-order chi connectivity index (χ0) is 14.1. The van der Waals surface area contributed by atoms with Crippen molar-refractivity contribution in [3.63, 3.8) is 0 Å². The maximum absolute atomic E-state index is 14.0. The van der Waals surface area contributed by atoms with Gasteiger partial charge in [0.2, 0.25) is 5.91 Å². The van der Waals surface area contributed by atoms with Crippen molar-refractivity contribution in [1.82, 2.24) is 9.55 Å². The van der Waals surface area contributed by atoms with Crippen molar-refractivity contribution < 1.29 is 9.18 Å². The van der Waals surface area contributed by atoms with Crippen LogP contribution in [0.3, 0.4) is 0 Å². The number of hydrogen-bond acceptors (Lipinski definition) is 3. The molecule has 20 heavy (non-hydrogen) atoms. The van der Waals surface area contributed by atoms with Gasteiger partial charge < -0.3 is 15.2 Å². The summed E-state index contributed by atoms with van der Waals surface area (Å²) in [5.74, 6) is 0.472. The number of rotatable bonds is 3. The van der Waals surface area contributed by atoms with Crippen LogP contribution in [0.2, 0.25) is 0 Å². The van der Waals surface area contributed by atoms with E-state index in [0.29, 0.717) is 30.8 Å². The van der Waals surface area contributed by atoms with Crippen molar-refractivity contribution in [1.29, 1.82) is 0 Å². The number of halogens is 1. The Balaban J connectivity index is 1.81. The van der Waals surface area contributed by atoms with Crippen molar-refractivity contribution in [2.75, 3.05) is 10.6 Å². The highest BCUT2D eigenvalue weighted by Crippen LogP contribution is 2.28. The topological polar surface area (TPSA) is 59.0 Å². The van der Waals surface area contributed by atoms with Crippen LogP contribution in [-0.4, -0.2) is 15.5 Å². The van der Waals surface area contributed by atoms with Gasteiger partial charge in [-0.3, -0.25) is 4.79 Å². The number of benzene rings is 1. The van der Waals surface area contributed by atoms with Crippen molar-refractivity contribution in [3.05, 3.63) is 41.7 Å². The second kappa shape index (κ2) is 4.96. The molecule has 6 heteroatoms. The molecule has 5 nitrogen and oxygen atoms in total. The van der Waals surface area contributed by atoms with E-state index in [9.17, 15) is 9.18 Å². The average molecular weight is 274 g/mol. The molecule has 0 radical (unpaired) electrons. The van der Waals surface area contributed by atoms with Crippen LogP contribution >= 0.6 is 0 Å². The lowest BCUT2D eigenvalue weighted by Crippen LogP contribution is -2.19. The number of nitrogens with zero attached hydrogens (tertiary/aromatic N) is 2. The lowest BCUT2D eigenvalue weighted by Gasteiger charge is -2.18. The Bertz CT molecular complexity index is 665. The summed E-state index contributed by atoms with van der Waals surface area (Å²) >= 11 is 0. The van der Waals surface area contributed by atoms with Crippen LogP contribution in [0.4, 0.5) is 15.8 Å². The Kier molecular flexibility index (Phi) is 3.14. The number of imidazole rings is 1. The molecule has 0 aliphatic carbocycles. The molecule has 1 aromatic heterocycles. The number of fused-ring (bicyclic) bond motifs is 1. The van der Waals surface area contributed by atoms with Gasteiger partial charge in [0.15, 0.2) is 0 Å². The van der Waals surface area contributed by atoms with Gasteiger partial charge in [0.1, 0.15) is 11.6 Å². The van der Waals surface area contributed by atoms with E-state index in [1.165, 1.54) is 6.07 Å². The Labute approximate surface area is 115 Å². The number of aromatic nitrogens is 2. The molecule has 0 atom stereocenters. The molecule has 1 aliphatic rings. The summed E-state index contributed by atoms with van der Waals surface area (Å²) < 4.78 is 15.9. The molecule has 2 N–H and O–H groups in total. The van der Waals surface area contributed by atoms with E-state index in [1.54, 1.807) is 12.3 Å². The summed E-state index contributed by atoms with van der Waals surface area (Å²) in [6, 6.07) is 3.13. The van der Waals surface area contributed by atoms with Gasteiger partial charge in [-0.2, -0.15) is 0 Å². The molecular formula is C14H15FN4O. The quantitative estimate of drug-likeness (QED) is 0.900. The molecule has 1 amide bonds. The second-order valence-electron chi connectivity index (χ2n) is 4.85. The van der Waals surface area contributed by atoms with E-state index in [4.69, 9.17) is 0 Å². The van der Waals surface area contributed by atoms with Crippen molar-refractivity contribution >= 4 is 17.3 Å². The first-order valence-electron chi connectivity index (χ1n) is 6.46. The third kappa shape index (κ3) is 2.36. The van der Waals surface area contributed by atoms with Crippen LogP contribution in [0.15, 0.2) is 24.5 Å². The first-order valence-corrected chi connectivity index (χ1v) is 6.46. The Hall–Kier alpha value is -2.37. The third-order valence-corrected chi connectivity index (χ3v) is 3.45. The fraction of sp³-hybridized carbons (Fsp3) is 0.286. The standard InChI is InChI=1S/C14H15FN4O/c1-19-5-4-16-13(19)8-17-12-7-11-9(6-10(12)15)2-3-14(20)18-11/h4-7,17H,2-3,8H2,1H3,(H,18,20). The number of carbonyl (C=O) groups is 1. The third-order valence-electron chi connectivity index (χ3n) is 3.45. The van der Waals surface area contributed by atoms with Crippen LogP contribution in [0.1, 0.15) is 17.8 Å². The summed E-state index contributed by atoms with van der Waals surface area (Å²) in [7, 11) is 1.88. The van der Waals surface area contributed by atoms with E-state index in [-0.39, 0.29) is 11.7 Å². The van der Waals surface area contributed by atoms with Gasteiger partial charge in [0.05, 0.1) is 12.2 Å². The maximum atomic E-state index is 14.0. The van der Waals surface area contributed by atoms with Crippen LogP contribution in [0.25, 0.3) is 0 Å². The molecular weight excluding hydrogens is 259 g/mol. The smallest absolute Gasteiger partial charge is 0.224 e. The average Bonchev–Trinajstić information content (AvgIpc) is 2.82. The SMILES string of the molecule is Cn1ccnc1CNc1cc2c(cc1F)CCC(=O)N2. The molecule has 0 saturated heterocycles. The molecule has 0 unspecified atom stereocenters. The van der Waals surface area contributed by atoms with Crippen LogP contribution < -0.4 is 10.6 Å². The predicted octanol–water partition coefficient (Wildman–Crippen LogP) is 2.06. The normalized spacial score (nSPS) is 13.8. The number of aryl methyl sites for hydroxylation is 2. The van der Waals surface area contributed by atoms with Gasteiger partial charge >= 0.3 is 0 Å². The predicted molar refractivity (Wildman–Crippen MR) is 73.9 cm³/mol. The minimum Gasteiger partial charge on any atom is -0.375 e. The highest BCUT2D eigenvalue weighted by molar-refractivity contribution is 5.94. The van der Waals surface area contributed by atoms with Crippen molar-refractivity contribution in [3.8, 4) is 0 Å². The van der Waals surface area contributed by atoms with Gasteiger partial charge in [-0.1, -0.05) is 0 Å². The molecule has 0 bridgehead atoms. The minimum atomic E-state index is -0.311. The molecule has 3 rings (SSSR count). The molecule has 1 aromatic carbocycles. The Morgan fingerprint density at radius 3 is 3.05 bits per heavy atom. The zero-order valence-electron chi connectivity index (χ0n) is 11.1. The first-order chi connectivity index (χ1) is 9.63. The number of anilines is 2. The summed E-state index contributed by atoms with van der Waals surface area (Å²) in [6.45, 7) is 0.424. The lowest BCUT2D eigenvalue weighted by molar-refractivity contribution is -0.116. The second-order valence-corrected chi connectivity index (χ2v) is 4.85. The van der Waals surface area contributed by atoms with Gasteiger partial charge in [-0.05, 0) is 24.1 Å². The van der Waals surface area contributed by atoms with Crippen LogP contribution in [0.5, 0.6) is 0 Å². The molecule has 0 fully saturated rings. The van der Waals surface area contributed by atoms with E-state index in [0.717, 1.165) is 11.4 Å². The molecule has 104 valence electrons. The van der Waals surface area contributed by atoms with Gasteiger partial charge in [0.25, 0.3) is 0 Å².